The number of amides is 2. The Kier molecular flexibility index (Phi) is 5.38. The first-order valence-corrected chi connectivity index (χ1v) is 8.50. The van der Waals surface area contributed by atoms with E-state index in [4.69, 9.17) is 4.74 Å². The molecule has 25 heavy (non-hydrogen) atoms. The number of nitrogens with zero attached hydrogens (tertiary/aromatic N) is 3. The second-order valence-corrected chi connectivity index (χ2v) is 6.15. The molecule has 6 heteroatoms. The van der Waals surface area contributed by atoms with E-state index in [1.807, 2.05) is 65.3 Å². The lowest BCUT2D eigenvalue weighted by Crippen LogP contribution is -2.50. The van der Waals surface area contributed by atoms with Crippen LogP contribution in [0.4, 0.5) is 0 Å². The van der Waals surface area contributed by atoms with E-state index < -0.39 is 0 Å². The summed E-state index contributed by atoms with van der Waals surface area (Å²) in [6.07, 6.45) is 4.03. The molecule has 2 heterocycles. The van der Waals surface area contributed by atoms with Gasteiger partial charge in [0.15, 0.2) is 0 Å². The van der Waals surface area contributed by atoms with Gasteiger partial charge in [-0.25, -0.2) is 0 Å². The fraction of sp³-hybridized carbons (Fsp3) is 0.368. The highest BCUT2D eigenvalue weighted by molar-refractivity contribution is 5.94. The standard InChI is InChI=1S/C19H23N3O3/c1-20-9-7-16(15-20)19(24)22-12-10-21(11-13-22)18(23)8-14-25-17-5-3-2-4-6-17/h2-7,9,15H,8,10-14H2,1H3. The number of rotatable bonds is 5. The summed E-state index contributed by atoms with van der Waals surface area (Å²) in [6.45, 7) is 2.65. The van der Waals surface area contributed by atoms with Crippen LogP contribution < -0.4 is 4.74 Å². The van der Waals surface area contributed by atoms with Gasteiger partial charge in [-0.2, -0.15) is 0 Å². The summed E-state index contributed by atoms with van der Waals surface area (Å²) in [7, 11) is 1.89. The lowest BCUT2D eigenvalue weighted by molar-refractivity contribution is -0.133. The Balaban J connectivity index is 1.42. The monoisotopic (exact) mass is 341 g/mol. The second kappa shape index (κ2) is 7.88. The quantitative estimate of drug-likeness (QED) is 0.833. The van der Waals surface area contributed by atoms with Gasteiger partial charge in [-0.1, -0.05) is 18.2 Å². The fourth-order valence-electron chi connectivity index (χ4n) is 2.90. The summed E-state index contributed by atoms with van der Waals surface area (Å²) in [4.78, 5) is 28.3. The molecule has 2 amide bonds. The maximum Gasteiger partial charge on any atom is 0.255 e. The van der Waals surface area contributed by atoms with Gasteiger partial charge in [0.2, 0.25) is 5.91 Å². The zero-order valence-electron chi connectivity index (χ0n) is 14.4. The van der Waals surface area contributed by atoms with Gasteiger partial charge in [0.25, 0.3) is 5.91 Å². The van der Waals surface area contributed by atoms with E-state index in [9.17, 15) is 9.59 Å². The van der Waals surface area contributed by atoms with Crippen LogP contribution in [0.5, 0.6) is 5.75 Å². The molecular formula is C19H23N3O3. The summed E-state index contributed by atoms with van der Waals surface area (Å²) in [5, 5.41) is 0. The van der Waals surface area contributed by atoms with Crippen molar-refractivity contribution in [3.05, 3.63) is 54.4 Å². The number of aryl methyl sites for hydroxylation is 1. The van der Waals surface area contributed by atoms with Crippen molar-refractivity contribution in [3.8, 4) is 5.75 Å². The van der Waals surface area contributed by atoms with Crippen molar-refractivity contribution in [1.82, 2.24) is 14.4 Å². The van der Waals surface area contributed by atoms with Crippen molar-refractivity contribution in [2.24, 2.45) is 7.05 Å². The van der Waals surface area contributed by atoms with Crippen molar-refractivity contribution in [2.75, 3.05) is 32.8 Å². The molecule has 1 saturated heterocycles. The predicted octanol–water partition coefficient (Wildman–Crippen LogP) is 1.78. The Labute approximate surface area is 147 Å². The molecule has 1 aliphatic rings. The van der Waals surface area contributed by atoms with Crippen LogP contribution in [0, 0.1) is 0 Å². The van der Waals surface area contributed by atoms with Crippen molar-refractivity contribution in [3.63, 3.8) is 0 Å². The van der Waals surface area contributed by atoms with Crippen LogP contribution >= 0.6 is 0 Å². The average Bonchev–Trinajstić information content (AvgIpc) is 3.08. The molecule has 6 nitrogen and oxygen atoms in total. The van der Waals surface area contributed by atoms with E-state index in [0.717, 1.165) is 5.75 Å². The minimum Gasteiger partial charge on any atom is -0.493 e. The Bertz CT molecular complexity index is 719. The maximum atomic E-state index is 12.4. The highest BCUT2D eigenvalue weighted by atomic mass is 16.5. The van der Waals surface area contributed by atoms with Crippen molar-refractivity contribution in [2.45, 2.75) is 6.42 Å². The van der Waals surface area contributed by atoms with Crippen LogP contribution in [0.15, 0.2) is 48.8 Å². The third-order valence-corrected chi connectivity index (χ3v) is 4.33. The number of aromatic nitrogens is 1. The lowest BCUT2D eigenvalue weighted by atomic mass is 10.2. The summed E-state index contributed by atoms with van der Waals surface area (Å²) in [5.41, 5.74) is 0.693. The highest BCUT2D eigenvalue weighted by Crippen LogP contribution is 2.11. The lowest BCUT2D eigenvalue weighted by Gasteiger charge is -2.34. The molecule has 132 valence electrons. The van der Waals surface area contributed by atoms with Crippen LogP contribution in [0.3, 0.4) is 0 Å². The number of carbonyl (C=O) groups excluding carboxylic acids is 2. The molecular weight excluding hydrogens is 318 g/mol. The Morgan fingerprint density at radius 2 is 1.68 bits per heavy atom. The minimum absolute atomic E-state index is 0.0279. The van der Waals surface area contributed by atoms with Crippen LogP contribution in [-0.4, -0.2) is 59.0 Å². The van der Waals surface area contributed by atoms with Crippen molar-refractivity contribution < 1.29 is 14.3 Å². The maximum absolute atomic E-state index is 12.4. The van der Waals surface area contributed by atoms with Crippen molar-refractivity contribution >= 4 is 11.8 Å². The van der Waals surface area contributed by atoms with E-state index in [1.165, 1.54) is 0 Å². The zero-order valence-corrected chi connectivity index (χ0v) is 14.4. The van der Waals surface area contributed by atoms with Gasteiger partial charge in [0.1, 0.15) is 5.75 Å². The first kappa shape index (κ1) is 17.1. The Morgan fingerprint density at radius 3 is 2.32 bits per heavy atom. The molecule has 2 aromatic rings. The molecule has 1 aromatic heterocycles. The number of benzene rings is 1. The predicted molar refractivity (Wildman–Crippen MR) is 94.5 cm³/mol. The third-order valence-electron chi connectivity index (χ3n) is 4.33. The molecule has 1 fully saturated rings. The Morgan fingerprint density at radius 1 is 1.00 bits per heavy atom. The average molecular weight is 341 g/mol. The molecule has 0 atom stereocenters. The fourth-order valence-corrected chi connectivity index (χ4v) is 2.90. The summed E-state index contributed by atoms with van der Waals surface area (Å²) >= 11 is 0. The van der Waals surface area contributed by atoms with E-state index >= 15 is 0 Å². The van der Waals surface area contributed by atoms with Gasteiger partial charge in [-0.3, -0.25) is 9.59 Å². The number of hydrogen-bond donors (Lipinski definition) is 0. The molecule has 0 saturated carbocycles. The second-order valence-electron chi connectivity index (χ2n) is 6.15. The molecule has 0 N–H and O–H groups in total. The molecule has 0 aliphatic carbocycles. The topological polar surface area (TPSA) is 54.8 Å². The van der Waals surface area contributed by atoms with Gasteiger partial charge in [-0.05, 0) is 18.2 Å². The first-order chi connectivity index (χ1) is 12.1. The van der Waals surface area contributed by atoms with E-state index in [1.54, 1.807) is 4.90 Å². The molecule has 3 rings (SSSR count). The van der Waals surface area contributed by atoms with Gasteiger partial charge in [0, 0.05) is 45.6 Å². The van der Waals surface area contributed by atoms with E-state index in [2.05, 4.69) is 0 Å². The molecule has 0 radical (unpaired) electrons. The van der Waals surface area contributed by atoms with E-state index in [-0.39, 0.29) is 11.8 Å². The van der Waals surface area contributed by atoms with Crippen LogP contribution in [-0.2, 0) is 11.8 Å². The SMILES string of the molecule is Cn1ccc(C(=O)N2CCN(C(=O)CCOc3ccccc3)CC2)c1. The first-order valence-electron chi connectivity index (χ1n) is 8.50. The number of para-hydroxylation sites is 1. The minimum atomic E-state index is 0.0279. The zero-order chi connectivity index (χ0) is 17.6. The van der Waals surface area contributed by atoms with Crippen LogP contribution in [0.25, 0.3) is 0 Å². The van der Waals surface area contributed by atoms with Gasteiger partial charge in [0.05, 0.1) is 18.6 Å². The number of piperazine rings is 1. The van der Waals surface area contributed by atoms with Gasteiger partial charge < -0.3 is 19.1 Å². The smallest absolute Gasteiger partial charge is 0.255 e. The summed E-state index contributed by atoms with van der Waals surface area (Å²) < 4.78 is 7.43. The molecule has 0 bridgehead atoms. The molecule has 1 aromatic carbocycles. The largest absolute Gasteiger partial charge is 0.493 e. The van der Waals surface area contributed by atoms with Crippen LogP contribution in [0.1, 0.15) is 16.8 Å². The van der Waals surface area contributed by atoms with Gasteiger partial charge >= 0.3 is 0 Å². The van der Waals surface area contributed by atoms with Crippen molar-refractivity contribution in [1.29, 1.82) is 0 Å². The van der Waals surface area contributed by atoms with Gasteiger partial charge in [-0.15, -0.1) is 0 Å². The van der Waals surface area contributed by atoms with Crippen LogP contribution in [0.2, 0.25) is 0 Å². The van der Waals surface area contributed by atoms with E-state index in [0.29, 0.717) is 44.8 Å². The number of ether oxygens (including phenoxy) is 1. The molecule has 0 unspecified atom stereocenters. The third kappa shape index (κ3) is 4.41. The Hall–Kier alpha value is -2.76. The summed E-state index contributed by atoms with van der Waals surface area (Å²) in [6, 6.07) is 11.3. The molecule has 0 spiro atoms. The number of carbonyl (C=O) groups is 2. The normalized spacial score (nSPS) is 14.4. The highest BCUT2D eigenvalue weighted by Gasteiger charge is 2.24. The molecule has 1 aliphatic heterocycles. The summed E-state index contributed by atoms with van der Waals surface area (Å²) in [5.74, 6) is 0.872. The number of hydrogen-bond acceptors (Lipinski definition) is 3.